The van der Waals surface area contributed by atoms with Crippen LogP contribution in [0.4, 0.5) is 0 Å². The minimum atomic E-state index is -3.01. The van der Waals surface area contributed by atoms with E-state index in [1.807, 2.05) is 6.92 Å². The van der Waals surface area contributed by atoms with Gasteiger partial charge in [0.15, 0.2) is 0 Å². The van der Waals surface area contributed by atoms with Crippen molar-refractivity contribution in [2.24, 2.45) is 0 Å². The zero-order chi connectivity index (χ0) is 11.3. The van der Waals surface area contributed by atoms with Crippen molar-refractivity contribution in [2.45, 2.75) is 57.3 Å². The van der Waals surface area contributed by atoms with Crippen LogP contribution in [0, 0.1) is 0 Å². The maximum atomic E-state index is 8.53. The number of rotatable bonds is 5. The highest BCUT2D eigenvalue weighted by molar-refractivity contribution is 4.74. The van der Waals surface area contributed by atoms with E-state index in [-0.39, 0.29) is 12.6 Å². The van der Waals surface area contributed by atoms with Gasteiger partial charge in [0.05, 0.1) is 6.61 Å². The van der Waals surface area contributed by atoms with Gasteiger partial charge in [-0.25, -0.2) is 0 Å². The summed E-state index contributed by atoms with van der Waals surface area (Å²) in [5, 5.41) is 28.9. The monoisotopic (exact) mass is 219 g/mol. The second-order valence-corrected chi connectivity index (χ2v) is 4.29. The number of aliphatic hydroxyl groups is 3. The Morgan fingerprint density at radius 2 is 1.87 bits per heavy atom. The van der Waals surface area contributed by atoms with E-state index in [1.54, 1.807) is 0 Å². The van der Waals surface area contributed by atoms with Crippen molar-refractivity contribution < 1.29 is 20.1 Å². The lowest BCUT2D eigenvalue weighted by Crippen LogP contribution is -2.43. The summed E-state index contributed by atoms with van der Waals surface area (Å²) in [5.41, 5.74) is 0. The highest BCUT2D eigenvalue weighted by Crippen LogP contribution is 2.17. The van der Waals surface area contributed by atoms with Crippen LogP contribution in [0.2, 0.25) is 0 Å². The van der Waals surface area contributed by atoms with Gasteiger partial charge in [-0.1, -0.05) is 19.3 Å². The van der Waals surface area contributed by atoms with Gasteiger partial charge in [0.2, 0.25) is 0 Å². The van der Waals surface area contributed by atoms with Crippen molar-refractivity contribution in [3.05, 3.63) is 0 Å². The van der Waals surface area contributed by atoms with E-state index in [1.165, 1.54) is 19.3 Å². The van der Waals surface area contributed by atoms with Crippen LogP contribution in [0.25, 0.3) is 0 Å². The summed E-state index contributed by atoms with van der Waals surface area (Å²) in [6.07, 6.45) is 3.10. The summed E-state index contributed by atoms with van der Waals surface area (Å²) in [5.74, 6) is 0. The predicted octanol–water partition coefficient (Wildman–Crippen LogP) is -0.0980. The van der Waals surface area contributed by atoms with Crippen LogP contribution in [0.1, 0.15) is 39.0 Å². The minimum absolute atomic E-state index is 0.000995. The first-order chi connectivity index (χ1) is 6.97. The fourth-order valence-corrected chi connectivity index (χ4v) is 1.96. The molecule has 0 aromatic carbocycles. The fourth-order valence-electron chi connectivity index (χ4n) is 1.96. The number of hydrogen-bond acceptors (Lipinski definition) is 5. The van der Waals surface area contributed by atoms with Crippen molar-refractivity contribution in [1.29, 1.82) is 0 Å². The molecule has 0 aromatic rings. The van der Waals surface area contributed by atoms with Crippen LogP contribution in [0.15, 0.2) is 0 Å². The molecule has 5 heteroatoms. The van der Waals surface area contributed by atoms with Gasteiger partial charge < -0.3 is 25.4 Å². The number of hydrogen-bond donors (Lipinski definition) is 4. The number of ether oxygens (including phenoxy) is 1. The molecular weight excluding hydrogens is 198 g/mol. The van der Waals surface area contributed by atoms with Crippen molar-refractivity contribution in [3.8, 4) is 0 Å². The van der Waals surface area contributed by atoms with E-state index in [0.29, 0.717) is 6.04 Å². The average Bonchev–Trinajstić information content (AvgIpc) is 2.15. The fraction of sp³-hybridized carbons (Fsp3) is 1.00. The molecular formula is C10H21NO4. The second-order valence-electron chi connectivity index (χ2n) is 4.29. The summed E-state index contributed by atoms with van der Waals surface area (Å²) in [4.78, 5) is 0. The highest BCUT2D eigenvalue weighted by atomic mass is 16.9. The van der Waals surface area contributed by atoms with E-state index in [2.05, 4.69) is 10.1 Å². The Kier molecular flexibility index (Phi) is 4.95. The largest absolute Gasteiger partial charge is 0.405 e. The first-order valence-electron chi connectivity index (χ1n) is 5.54. The van der Waals surface area contributed by atoms with Crippen LogP contribution in [0.3, 0.4) is 0 Å². The van der Waals surface area contributed by atoms with Crippen molar-refractivity contribution in [1.82, 2.24) is 5.32 Å². The summed E-state index contributed by atoms with van der Waals surface area (Å²) in [6, 6.07) is 0.488. The predicted molar refractivity (Wildman–Crippen MR) is 54.8 cm³/mol. The Balaban J connectivity index is 2.14. The van der Waals surface area contributed by atoms with Crippen LogP contribution < -0.4 is 5.32 Å². The molecule has 5 nitrogen and oxygen atoms in total. The normalized spacial score (nSPS) is 21.6. The van der Waals surface area contributed by atoms with Crippen molar-refractivity contribution >= 4 is 0 Å². The molecule has 90 valence electrons. The molecule has 1 aliphatic rings. The van der Waals surface area contributed by atoms with Crippen LogP contribution in [-0.4, -0.2) is 40.2 Å². The molecule has 1 rings (SSSR count). The summed E-state index contributed by atoms with van der Waals surface area (Å²) >= 11 is 0. The third-order valence-electron chi connectivity index (χ3n) is 2.65. The molecule has 0 radical (unpaired) electrons. The first kappa shape index (κ1) is 12.9. The Labute approximate surface area is 90.1 Å². The third kappa shape index (κ3) is 6.06. The Hall–Kier alpha value is -0.200. The summed E-state index contributed by atoms with van der Waals surface area (Å²) in [7, 11) is 0. The second kappa shape index (κ2) is 5.77. The molecule has 1 unspecified atom stereocenters. The van der Waals surface area contributed by atoms with Crippen molar-refractivity contribution in [2.75, 3.05) is 6.61 Å². The standard InChI is InChI=1S/C10H21NO4/c1-8(7-15-10(12,13)14)11-9-5-3-2-4-6-9/h8-9,11-14H,2-7H2,1H3. The van der Waals surface area contributed by atoms with Gasteiger partial charge in [-0.3, -0.25) is 0 Å². The van der Waals surface area contributed by atoms with Gasteiger partial charge in [-0.05, 0) is 19.8 Å². The highest BCUT2D eigenvalue weighted by Gasteiger charge is 2.21. The zero-order valence-corrected chi connectivity index (χ0v) is 9.15. The third-order valence-corrected chi connectivity index (χ3v) is 2.65. The van der Waals surface area contributed by atoms with Crippen LogP contribution >= 0.6 is 0 Å². The average molecular weight is 219 g/mol. The first-order valence-corrected chi connectivity index (χ1v) is 5.54. The van der Waals surface area contributed by atoms with E-state index in [4.69, 9.17) is 15.3 Å². The molecule has 4 N–H and O–H groups in total. The van der Waals surface area contributed by atoms with E-state index in [0.717, 1.165) is 12.8 Å². The molecule has 0 aliphatic heterocycles. The molecule has 0 saturated heterocycles. The summed E-state index contributed by atoms with van der Waals surface area (Å²) < 4.78 is 4.44. The molecule has 0 amide bonds. The van der Waals surface area contributed by atoms with Crippen molar-refractivity contribution in [3.63, 3.8) is 0 Å². The zero-order valence-electron chi connectivity index (χ0n) is 9.15. The summed E-state index contributed by atoms with van der Waals surface area (Å²) in [6.45, 7) is 1.96. The molecule has 15 heavy (non-hydrogen) atoms. The van der Waals surface area contributed by atoms with Crippen LogP contribution in [0.5, 0.6) is 0 Å². The molecule has 1 aliphatic carbocycles. The van der Waals surface area contributed by atoms with E-state index < -0.39 is 6.16 Å². The van der Waals surface area contributed by atoms with E-state index >= 15 is 0 Å². The Bertz CT molecular complexity index is 175. The van der Waals surface area contributed by atoms with Gasteiger partial charge in [0, 0.05) is 12.1 Å². The number of nitrogens with one attached hydrogen (secondary N) is 1. The molecule has 1 saturated carbocycles. The Morgan fingerprint density at radius 1 is 1.27 bits per heavy atom. The van der Waals surface area contributed by atoms with Gasteiger partial charge in [-0.2, -0.15) is 0 Å². The SMILES string of the molecule is CC(COC(O)(O)O)NC1CCCCC1. The minimum Gasteiger partial charge on any atom is -0.319 e. The lowest BCUT2D eigenvalue weighted by Gasteiger charge is -2.27. The molecule has 0 bridgehead atoms. The van der Waals surface area contributed by atoms with E-state index in [9.17, 15) is 0 Å². The molecule has 1 fully saturated rings. The smallest absolute Gasteiger partial charge is 0.319 e. The van der Waals surface area contributed by atoms with Gasteiger partial charge in [-0.15, -0.1) is 0 Å². The van der Waals surface area contributed by atoms with Gasteiger partial charge in [0.25, 0.3) is 0 Å². The lowest BCUT2D eigenvalue weighted by molar-refractivity contribution is -0.455. The molecule has 0 spiro atoms. The van der Waals surface area contributed by atoms with Crippen LogP contribution in [-0.2, 0) is 4.74 Å². The maximum Gasteiger partial charge on any atom is 0.405 e. The quantitative estimate of drug-likeness (QED) is 0.486. The molecule has 0 heterocycles. The van der Waals surface area contributed by atoms with Gasteiger partial charge in [0.1, 0.15) is 0 Å². The molecule has 0 aromatic heterocycles. The maximum absolute atomic E-state index is 8.53. The molecule has 1 atom stereocenters. The topological polar surface area (TPSA) is 82.0 Å². The van der Waals surface area contributed by atoms with Gasteiger partial charge >= 0.3 is 6.16 Å². The lowest BCUT2D eigenvalue weighted by atomic mass is 9.95. The Morgan fingerprint density at radius 3 is 2.40 bits per heavy atom.